The summed E-state index contributed by atoms with van der Waals surface area (Å²) in [5.74, 6) is -0.817. The molecule has 0 aliphatic heterocycles. The number of anilines is 1. The van der Waals surface area contributed by atoms with Crippen molar-refractivity contribution in [2.75, 3.05) is 5.32 Å². The minimum atomic E-state index is -0.485. The minimum absolute atomic E-state index is 0.129. The molecule has 0 fully saturated rings. The van der Waals surface area contributed by atoms with E-state index in [-0.39, 0.29) is 22.9 Å². The predicted octanol–water partition coefficient (Wildman–Crippen LogP) is 5.09. The van der Waals surface area contributed by atoms with Crippen LogP contribution in [0.5, 0.6) is 0 Å². The summed E-state index contributed by atoms with van der Waals surface area (Å²) in [6.45, 7) is 1.93. The maximum absolute atomic E-state index is 13.8. The van der Waals surface area contributed by atoms with Gasteiger partial charge in [-0.3, -0.25) is 4.79 Å². The second-order valence-electron chi connectivity index (χ2n) is 5.22. The van der Waals surface area contributed by atoms with Crippen LogP contribution in [0.15, 0.2) is 47.8 Å². The summed E-state index contributed by atoms with van der Waals surface area (Å²) >= 11 is 7.52. The highest BCUT2D eigenvalue weighted by molar-refractivity contribution is 7.09. The third-order valence-electron chi connectivity index (χ3n) is 3.50. The van der Waals surface area contributed by atoms with Crippen LogP contribution in [0, 0.1) is 12.7 Å². The van der Waals surface area contributed by atoms with E-state index in [1.54, 1.807) is 23.5 Å². The Morgan fingerprint density at radius 3 is 2.75 bits per heavy atom. The number of rotatable bonds is 4. The van der Waals surface area contributed by atoms with Gasteiger partial charge in [-0.2, -0.15) is 0 Å². The molecule has 0 saturated carbocycles. The van der Waals surface area contributed by atoms with Crippen LogP contribution in [0.25, 0.3) is 11.3 Å². The van der Waals surface area contributed by atoms with Crippen LogP contribution in [0.3, 0.4) is 0 Å². The highest BCUT2D eigenvalue weighted by atomic mass is 35.5. The SMILES string of the molecule is Cc1nc(-c2ccccc2NC(=O)Cc2c(F)cccc2Cl)cs1. The number of thiazole rings is 1. The molecule has 1 amide bonds. The molecular formula is C18H14ClFN2OS. The molecule has 1 N–H and O–H groups in total. The zero-order chi connectivity index (χ0) is 17.1. The van der Waals surface area contributed by atoms with Gasteiger partial charge in [0.05, 0.1) is 22.8 Å². The van der Waals surface area contributed by atoms with Crippen molar-refractivity contribution in [3.05, 3.63) is 69.3 Å². The minimum Gasteiger partial charge on any atom is -0.325 e. The molecule has 122 valence electrons. The van der Waals surface area contributed by atoms with Gasteiger partial charge in [0, 0.05) is 21.5 Å². The summed E-state index contributed by atoms with van der Waals surface area (Å²) in [7, 11) is 0. The van der Waals surface area contributed by atoms with Crippen molar-refractivity contribution in [2.24, 2.45) is 0 Å². The zero-order valence-corrected chi connectivity index (χ0v) is 14.4. The number of hydrogen-bond acceptors (Lipinski definition) is 3. The monoisotopic (exact) mass is 360 g/mol. The van der Waals surface area contributed by atoms with Crippen molar-refractivity contribution in [3.63, 3.8) is 0 Å². The van der Waals surface area contributed by atoms with E-state index in [1.165, 1.54) is 12.1 Å². The van der Waals surface area contributed by atoms with E-state index in [0.29, 0.717) is 5.69 Å². The van der Waals surface area contributed by atoms with Gasteiger partial charge in [0.15, 0.2) is 0 Å². The Bertz CT molecular complexity index is 874. The van der Waals surface area contributed by atoms with Crippen LogP contribution >= 0.6 is 22.9 Å². The van der Waals surface area contributed by atoms with E-state index in [4.69, 9.17) is 11.6 Å². The molecule has 3 aromatic rings. The summed E-state index contributed by atoms with van der Waals surface area (Å²) in [5, 5.41) is 5.95. The quantitative estimate of drug-likeness (QED) is 0.704. The van der Waals surface area contributed by atoms with Gasteiger partial charge in [0.25, 0.3) is 0 Å². The molecule has 3 nitrogen and oxygen atoms in total. The Balaban J connectivity index is 1.83. The summed E-state index contributed by atoms with van der Waals surface area (Å²) in [5.41, 5.74) is 2.46. The molecule has 0 unspecified atom stereocenters. The Morgan fingerprint density at radius 1 is 1.25 bits per heavy atom. The highest BCUT2D eigenvalue weighted by Gasteiger charge is 2.14. The summed E-state index contributed by atoms with van der Waals surface area (Å²) in [4.78, 5) is 16.8. The largest absolute Gasteiger partial charge is 0.325 e. The van der Waals surface area contributed by atoms with E-state index in [0.717, 1.165) is 16.3 Å². The van der Waals surface area contributed by atoms with E-state index < -0.39 is 5.82 Å². The smallest absolute Gasteiger partial charge is 0.228 e. The summed E-state index contributed by atoms with van der Waals surface area (Å²) < 4.78 is 13.8. The molecule has 0 aliphatic rings. The molecular weight excluding hydrogens is 347 g/mol. The summed E-state index contributed by atoms with van der Waals surface area (Å²) in [6, 6.07) is 11.8. The first-order valence-corrected chi connectivity index (χ1v) is 8.54. The maximum atomic E-state index is 13.8. The van der Waals surface area contributed by atoms with E-state index in [9.17, 15) is 9.18 Å². The number of para-hydroxylation sites is 1. The molecule has 3 rings (SSSR count). The highest BCUT2D eigenvalue weighted by Crippen LogP contribution is 2.29. The number of halogens is 2. The normalized spacial score (nSPS) is 10.6. The fourth-order valence-electron chi connectivity index (χ4n) is 2.36. The van der Waals surface area contributed by atoms with Crippen LogP contribution in [-0.2, 0) is 11.2 Å². The molecule has 0 aliphatic carbocycles. The lowest BCUT2D eigenvalue weighted by Crippen LogP contribution is -2.16. The number of hydrogen-bond donors (Lipinski definition) is 1. The molecule has 0 atom stereocenters. The molecule has 24 heavy (non-hydrogen) atoms. The zero-order valence-electron chi connectivity index (χ0n) is 12.8. The molecule has 0 radical (unpaired) electrons. The molecule has 2 aromatic carbocycles. The van der Waals surface area contributed by atoms with Crippen molar-refractivity contribution in [1.82, 2.24) is 4.98 Å². The predicted molar refractivity (Wildman–Crippen MR) is 96.0 cm³/mol. The van der Waals surface area contributed by atoms with Gasteiger partial charge < -0.3 is 5.32 Å². The second kappa shape index (κ2) is 7.11. The van der Waals surface area contributed by atoms with Gasteiger partial charge in [-0.05, 0) is 25.1 Å². The van der Waals surface area contributed by atoms with Gasteiger partial charge >= 0.3 is 0 Å². The number of carbonyl (C=O) groups is 1. The number of aryl methyl sites for hydroxylation is 1. The van der Waals surface area contributed by atoms with Crippen molar-refractivity contribution in [2.45, 2.75) is 13.3 Å². The lowest BCUT2D eigenvalue weighted by atomic mass is 10.1. The van der Waals surface area contributed by atoms with E-state index in [1.807, 2.05) is 30.5 Å². The van der Waals surface area contributed by atoms with Crippen LogP contribution in [0.1, 0.15) is 10.6 Å². The first-order valence-electron chi connectivity index (χ1n) is 7.29. The summed E-state index contributed by atoms with van der Waals surface area (Å²) in [6.07, 6.45) is -0.129. The van der Waals surface area contributed by atoms with Crippen LogP contribution in [0.2, 0.25) is 5.02 Å². The lowest BCUT2D eigenvalue weighted by molar-refractivity contribution is -0.115. The van der Waals surface area contributed by atoms with Crippen LogP contribution in [-0.4, -0.2) is 10.9 Å². The molecule has 6 heteroatoms. The fourth-order valence-corrected chi connectivity index (χ4v) is 3.20. The van der Waals surface area contributed by atoms with Crippen molar-refractivity contribution < 1.29 is 9.18 Å². The number of nitrogens with zero attached hydrogens (tertiary/aromatic N) is 1. The number of benzene rings is 2. The van der Waals surface area contributed by atoms with Crippen LogP contribution in [0.4, 0.5) is 10.1 Å². The van der Waals surface area contributed by atoms with Gasteiger partial charge in [-0.1, -0.05) is 35.9 Å². The van der Waals surface area contributed by atoms with Gasteiger partial charge in [0.1, 0.15) is 5.82 Å². The number of carbonyl (C=O) groups excluding carboxylic acids is 1. The van der Waals surface area contributed by atoms with Crippen molar-refractivity contribution in [3.8, 4) is 11.3 Å². The van der Waals surface area contributed by atoms with Crippen molar-refractivity contribution in [1.29, 1.82) is 0 Å². The maximum Gasteiger partial charge on any atom is 0.228 e. The van der Waals surface area contributed by atoms with E-state index in [2.05, 4.69) is 10.3 Å². The molecule has 1 heterocycles. The lowest BCUT2D eigenvalue weighted by Gasteiger charge is -2.10. The van der Waals surface area contributed by atoms with Crippen LogP contribution < -0.4 is 5.32 Å². The third-order valence-corrected chi connectivity index (χ3v) is 4.62. The van der Waals surface area contributed by atoms with Gasteiger partial charge in [0.2, 0.25) is 5.91 Å². The molecule has 0 saturated heterocycles. The first kappa shape index (κ1) is 16.6. The van der Waals surface area contributed by atoms with Gasteiger partial charge in [-0.15, -0.1) is 11.3 Å². The molecule has 0 spiro atoms. The fraction of sp³-hybridized carbons (Fsp3) is 0.111. The average molecular weight is 361 g/mol. The van der Waals surface area contributed by atoms with Gasteiger partial charge in [-0.25, -0.2) is 9.37 Å². The standard InChI is InChI=1S/C18H14ClFN2OS/c1-11-21-17(10-24-11)12-5-2-3-8-16(12)22-18(23)9-13-14(19)6-4-7-15(13)20/h2-8,10H,9H2,1H3,(H,22,23). The van der Waals surface area contributed by atoms with E-state index >= 15 is 0 Å². The Hall–Kier alpha value is -2.24. The number of nitrogens with one attached hydrogen (secondary N) is 1. The average Bonchev–Trinajstić information content (AvgIpc) is 2.98. The first-order chi connectivity index (χ1) is 11.5. The Labute approximate surface area is 148 Å². The Morgan fingerprint density at radius 2 is 2.04 bits per heavy atom. The number of aromatic nitrogens is 1. The third kappa shape index (κ3) is 3.63. The Kier molecular flexibility index (Phi) is 4.92. The topological polar surface area (TPSA) is 42.0 Å². The van der Waals surface area contributed by atoms with Crippen molar-refractivity contribution >= 4 is 34.5 Å². The number of amides is 1. The molecule has 0 bridgehead atoms. The second-order valence-corrected chi connectivity index (χ2v) is 6.69. The molecule has 1 aromatic heterocycles.